The summed E-state index contributed by atoms with van der Waals surface area (Å²) in [6.07, 6.45) is 0. The van der Waals surface area contributed by atoms with Crippen molar-refractivity contribution in [3.63, 3.8) is 0 Å². The maximum atomic E-state index is 11.8. The van der Waals surface area contributed by atoms with E-state index in [0.29, 0.717) is 10.0 Å². The standard InChI is InChI=1S/C14H10Cl2O2/c15-11-6-7-13(16)12(8-11)14(17)18-9-10-4-2-1-3-5-10/h1-8H,9H2. The molecule has 0 spiro atoms. The van der Waals surface area contributed by atoms with Crippen LogP contribution in [0, 0.1) is 0 Å². The Balaban J connectivity index is 2.06. The summed E-state index contributed by atoms with van der Waals surface area (Å²) in [6, 6.07) is 14.1. The summed E-state index contributed by atoms with van der Waals surface area (Å²) < 4.78 is 5.17. The molecule has 4 heteroatoms. The molecular formula is C14H10Cl2O2. The molecule has 18 heavy (non-hydrogen) atoms. The van der Waals surface area contributed by atoms with Gasteiger partial charge in [0.15, 0.2) is 0 Å². The molecular weight excluding hydrogens is 271 g/mol. The Morgan fingerprint density at radius 2 is 1.78 bits per heavy atom. The fourth-order valence-electron chi connectivity index (χ4n) is 1.45. The Labute approximate surface area is 115 Å². The predicted molar refractivity (Wildman–Crippen MR) is 72.0 cm³/mol. The lowest BCUT2D eigenvalue weighted by Gasteiger charge is -2.06. The van der Waals surface area contributed by atoms with Gasteiger partial charge in [-0.25, -0.2) is 4.79 Å². The fourth-order valence-corrected chi connectivity index (χ4v) is 1.82. The summed E-state index contributed by atoms with van der Waals surface area (Å²) in [4.78, 5) is 11.8. The molecule has 0 radical (unpaired) electrons. The van der Waals surface area contributed by atoms with Crippen molar-refractivity contribution in [1.29, 1.82) is 0 Å². The van der Waals surface area contributed by atoms with E-state index < -0.39 is 5.97 Å². The van der Waals surface area contributed by atoms with E-state index in [9.17, 15) is 4.79 Å². The van der Waals surface area contributed by atoms with Gasteiger partial charge >= 0.3 is 5.97 Å². The first-order valence-corrected chi connectivity index (χ1v) is 6.08. The minimum atomic E-state index is -0.480. The van der Waals surface area contributed by atoms with E-state index >= 15 is 0 Å². The van der Waals surface area contributed by atoms with Crippen LogP contribution < -0.4 is 0 Å². The Morgan fingerprint density at radius 1 is 1.06 bits per heavy atom. The number of hydrogen-bond acceptors (Lipinski definition) is 2. The molecule has 0 aliphatic heterocycles. The molecule has 0 aliphatic rings. The molecule has 2 nitrogen and oxygen atoms in total. The molecule has 0 aliphatic carbocycles. The molecule has 0 amide bonds. The first-order chi connectivity index (χ1) is 8.66. The van der Waals surface area contributed by atoms with Crippen LogP contribution in [0.15, 0.2) is 48.5 Å². The van der Waals surface area contributed by atoms with Crippen molar-refractivity contribution in [2.45, 2.75) is 6.61 Å². The van der Waals surface area contributed by atoms with Crippen LogP contribution in [0.2, 0.25) is 10.0 Å². The summed E-state index contributed by atoms with van der Waals surface area (Å²) in [6.45, 7) is 0.211. The van der Waals surface area contributed by atoms with E-state index in [1.54, 1.807) is 12.1 Å². The quantitative estimate of drug-likeness (QED) is 0.782. The Bertz CT molecular complexity index is 553. The van der Waals surface area contributed by atoms with Crippen molar-refractivity contribution in [3.05, 3.63) is 69.7 Å². The van der Waals surface area contributed by atoms with Crippen molar-refractivity contribution in [2.75, 3.05) is 0 Å². The maximum absolute atomic E-state index is 11.8. The zero-order valence-corrected chi connectivity index (χ0v) is 10.9. The summed E-state index contributed by atoms with van der Waals surface area (Å²) in [7, 11) is 0. The molecule has 0 bridgehead atoms. The second-order valence-electron chi connectivity index (χ2n) is 3.69. The van der Waals surface area contributed by atoms with Crippen LogP contribution in [0.4, 0.5) is 0 Å². The topological polar surface area (TPSA) is 26.3 Å². The van der Waals surface area contributed by atoms with Gasteiger partial charge in [0.25, 0.3) is 0 Å². The lowest BCUT2D eigenvalue weighted by Crippen LogP contribution is -2.05. The highest BCUT2D eigenvalue weighted by Crippen LogP contribution is 2.21. The summed E-state index contributed by atoms with van der Waals surface area (Å²) in [5, 5.41) is 0.781. The van der Waals surface area contributed by atoms with Gasteiger partial charge in [-0.3, -0.25) is 0 Å². The van der Waals surface area contributed by atoms with E-state index in [-0.39, 0.29) is 12.2 Å². The number of halogens is 2. The molecule has 2 aromatic rings. The molecule has 92 valence electrons. The first-order valence-electron chi connectivity index (χ1n) is 5.33. The molecule has 0 heterocycles. The van der Waals surface area contributed by atoms with E-state index in [1.165, 1.54) is 6.07 Å². The third-order valence-electron chi connectivity index (χ3n) is 2.36. The highest BCUT2D eigenvalue weighted by Gasteiger charge is 2.12. The zero-order valence-electron chi connectivity index (χ0n) is 9.40. The van der Waals surface area contributed by atoms with Crippen LogP contribution in [-0.2, 0) is 11.3 Å². The first kappa shape index (κ1) is 12.9. The molecule has 2 aromatic carbocycles. The molecule has 0 N–H and O–H groups in total. The largest absolute Gasteiger partial charge is 0.457 e. The lowest BCUT2D eigenvalue weighted by molar-refractivity contribution is 0.0473. The number of ether oxygens (including phenoxy) is 1. The van der Waals surface area contributed by atoms with Crippen LogP contribution in [0.3, 0.4) is 0 Å². The predicted octanol–water partition coefficient (Wildman–Crippen LogP) is 4.35. The normalized spacial score (nSPS) is 10.1. The van der Waals surface area contributed by atoms with Gasteiger partial charge in [-0.2, -0.15) is 0 Å². The zero-order chi connectivity index (χ0) is 13.0. The molecule has 0 unspecified atom stereocenters. The van der Waals surface area contributed by atoms with Gasteiger partial charge in [-0.1, -0.05) is 53.5 Å². The van der Waals surface area contributed by atoms with Crippen LogP contribution in [0.1, 0.15) is 15.9 Å². The Morgan fingerprint density at radius 3 is 2.50 bits per heavy atom. The minimum Gasteiger partial charge on any atom is -0.457 e. The average Bonchev–Trinajstić information content (AvgIpc) is 2.40. The van der Waals surface area contributed by atoms with Gasteiger partial charge in [0.2, 0.25) is 0 Å². The maximum Gasteiger partial charge on any atom is 0.340 e. The molecule has 0 atom stereocenters. The van der Waals surface area contributed by atoms with E-state index in [0.717, 1.165) is 5.56 Å². The van der Waals surface area contributed by atoms with Crippen LogP contribution >= 0.6 is 23.2 Å². The highest BCUT2D eigenvalue weighted by molar-refractivity contribution is 6.35. The van der Waals surface area contributed by atoms with E-state index in [4.69, 9.17) is 27.9 Å². The van der Waals surface area contributed by atoms with Crippen molar-refractivity contribution in [3.8, 4) is 0 Å². The fraction of sp³-hybridized carbons (Fsp3) is 0.0714. The monoisotopic (exact) mass is 280 g/mol. The summed E-state index contributed by atoms with van der Waals surface area (Å²) in [5.74, 6) is -0.480. The second-order valence-corrected chi connectivity index (χ2v) is 4.53. The van der Waals surface area contributed by atoms with Crippen molar-refractivity contribution in [2.24, 2.45) is 0 Å². The smallest absolute Gasteiger partial charge is 0.340 e. The third kappa shape index (κ3) is 3.25. The van der Waals surface area contributed by atoms with Crippen LogP contribution in [0.25, 0.3) is 0 Å². The van der Waals surface area contributed by atoms with Crippen molar-refractivity contribution < 1.29 is 9.53 Å². The van der Waals surface area contributed by atoms with Gasteiger partial charge < -0.3 is 4.74 Å². The number of rotatable bonds is 3. The van der Waals surface area contributed by atoms with Gasteiger partial charge in [0, 0.05) is 5.02 Å². The van der Waals surface area contributed by atoms with Crippen molar-refractivity contribution in [1.82, 2.24) is 0 Å². The van der Waals surface area contributed by atoms with Gasteiger partial charge in [0.1, 0.15) is 6.61 Å². The van der Waals surface area contributed by atoms with Gasteiger partial charge in [0.05, 0.1) is 10.6 Å². The SMILES string of the molecule is O=C(OCc1ccccc1)c1cc(Cl)ccc1Cl. The van der Waals surface area contributed by atoms with Crippen LogP contribution in [0.5, 0.6) is 0 Å². The molecule has 0 saturated heterocycles. The van der Waals surface area contributed by atoms with E-state index in [2.05, 4.69) is 0 Å². The molecule has 0 aromatic heterocycles. The average molecular weight is 281 g/mol. The third-order valence-corrected chi connectivity index (χ3v) is 2.93. The molecule has 0 fully saturated rings. The number of esters is 1. The summed E-state index contributed by atoms with van der Waals surface area (Å²) >= 11 is 11.7. The van der Waals surface area contributed by atoms with E-state index in [1.807, 2.05) is 30.3 Å². The number of carbonyl (C=O) groups excluding carboxylic acids is 1. The van der Waals surface area contributed by atoms with Crippen LogP contribution in [-0.4, -0.2) is 5.97 Å². The second kappa shape index (κ2) is 5.89. The lowest BCUT2D eigenvalue weighted by atomic mass is 10.2. The minimum absolute atomic E-state index is 0.211. The van der Waals surface area contributed by atoms with Gasteiger partial charge in [-0.15, -0.1) is 0 Å². The highest BCUT2D eigenvalue weighted by atomic mass is 35.5. The number of hydrogen-bond donors (Lipinski definition) is 0. The summed E-state index contributed by atoms with van der Waals surface area (Å²) in [5.41, 5.74) is 1.20. The Hall–Kier alpha value is -1.51. The Kier molecular flexibility index (Phi) is 4.24. The molecule has 0 saturated carbocycles. The number of benzene rings is 2. The van der Waals surface area contributed by atoms with Gasteiger partial charge in [-0.05, 0) is 23.8 Å². The van der Waals surface area contributed by atoms with Crippen molar-refractivity contribution >= 4 is 29.2 Å². The molecule has 2 rings (SSSR count). The number of carbonyl (C=O) groups is 1.